The Kier molecular flexibility index (Phi) is 5.65. The summed E-state index contributed by atoms with van der Waals surface area (Å²) < 4.78 is 22.3. The number of nitrogens with zero attached hydrogens (tertiary/aromatic N) is 5. The second-order valence-electron chi connectivity index (χ2n) is 7.77. The number of ketones is 1. The third-order valence-electron chi connectivity index (χ3n) is 5.45. The molecule has 2 aliphatic heterocycles. The van der Waals surface area contributed by atoms with Gasteiger partial charge in [0, 0.05) is 55.2 Å². The number of carbonyl (C=O) groups is 1. The van der Waals surface area contributed by atoms with E-state index in [-0.39, 0.29) is 24.3 Å². The molecule has 158 valence electrons. The standard InChI is InChI=1S/C22H26FN5O2/c1-4-6-28-15(3)22(14(2)26-28)16-8-20(23)25-21(9-16)30-19-5-7-27(13-19)17-10-18(29)12-24-11-17/h8-11,19H,4-7,12-13H2,1-3H3/t19-/m1/s1. The maximum atomic E-state index is 14.3. The molecule has 4 heterocycles. The summed E-state index contributed by atoms with van der Waals surface area (Å²) in [5.74, 6) is -0.309. The lowest BCUT2D eigenvalue weighted by atomic mass is 10.1. The van der Waals surface area contributed by atoms with Crippen LogP contribution in [-0.4, -0.2) is 57.4 Å². The molecule has 2 aromatic heterocycles. The molecule has 0 aromatic carbocycles. The summed E-state index contributed by atoms with van der Waals surface area (Å²) in [5, 5.41) is 4.59. The molecule has 8 heteroatoms. The number of hydrogen-bond acceptors (Lipinski definition) is 6. The first-order valence-corrected chi connectivity index (χ1v) is 10.3. The van der Waals surface area contributed by atoms with Gasteiger partial charge in [-0.1, -0.05) is 6.92 Å². The van der Waals surface area contributed by atoms with Crippen LogP contribution in [0.25, 0.3) is 11.1 Å². The number of carbonyl (C=O) groups excluding carboxylic acids is 1. The van der Waals surface area contributed by atoms with Crippen LogP contribution in [0.1, 0.15) is 31.2 Å². The molecule has 4 rings (SSSR count). The number of rotatable bonds is 6. The van der Waals surface area contributed by atoms with Crippen molar-refractivity contribution < 1.29 is 13.9 Å². The molecule has 0 amide bonds. The zero-order valence-corrected chi connectivity index (χ0v) is 17.6. The highest BCUT2D eigenvalue weighted by Gasteiger charge is 2.27. The van der Waals surface area contributed by atoms with Gasteiger partial charge in [0.15, 0.2) is 5.78 Å². The Balaban J connectivity index is 1.52. The lowest BCUT2D eigenvalue weighted by molar-refractivity contribution is -0.113. The minimum atomic E-state index is -0.577. The predicted molar refractivity (Wildman–Crippen MR) is 112 cm³/mol. The summed E-state index contributed by atoms with van der Waals surface area (Å²) in [4.78, 5) is 21.7. The first-order chi connectivity index (χ1) is 14.4. The second-order valence-corrected chi connectivity index (χ2v) is 7.77. The molecule has 7 nitrogen and oxygen atoms in total. The fourth-order valence-corrected chi connectivity index (χ4v) is 4.10. The van der Waals surface area contributed by atoms with Gasteiger partial charge < -0.3 is 9.64 Å². The van der Waals surface area contributed by atoms with E-state index in [0.717, 1.165) is 54.1 Å². The van der Waals surface area contributed by atoms with E-state index in [1.54, 1.807) is 18.4 Å². The highest BCUT2D eigenvalue weighted by atomic mass is 19.1. The molecule has 0 N–H and O–H groups in total. The van der Waals surface area contributed by atoms with Crippen molar-refractivity contribution in [2.45, 2.75) is 46.3 Å². The van der Waals surface area contributed by atoms with Crippen LogP contribution in [0, 0.1) is 19.8 Å². The van der Waals surface area contributed by atoms with Gasteiger partial charge in [-0.15, -0.1) is 0 Å². The molecular formula is C22H26FN5O2. The van der Waals surface area contributed by atoms with Gasteiger partial charge in [0.25, 0.3) is 0 Å². The van der Waals surface area contributed by atoms with Gasteiger partial charge >= 0.3 is 0 Å². The number of dihydropyridines is 1. The largest absolute Gasteiger partial charge is 0.472 e. The molecule has 0 spiro atoms. The second kappa shape index (κ2) is 8.38. The number of aliphatic imine (C=N–C) groups is 1. The van der Waals surface area contributed by atoms with Crippen molar-refractivity contribution in [1.29, 1.82) is 0 Å². The van der Waals surface area contributed by atoms with E-state index >= 15 is 0 Å². The third-order valence-corrected chi connectivity index (χ3v) is 5.45. The van der Waals surface area contributed by atoms with Crippen molar-refractivity contribution >= 4 is 12.0 Å². The van der Waals surface area contributed by atoms with Crippen molar-refractivity contribution in [3.05, 3.63) is 41.2 Å². The topological polar surface area (TPSA) is 72.6 Å². The minimum absolute atomic E-state index is 0.00247. The van der Waals surface area contributed by atoms with Gasteiger partial charge in [0.2, 0.25) is 11.8 Å². The Morgan fingerprint density at radius 3 is 2.90 bits per heavy atom. The number of allylic oxidation sites excluding steroid dienone is 1. The van der Waals surface area contributed by atoms with Crippen molar-refractivity contribution in [3.63, 3.8) is 0 Å². The fraction of sp³-hybridized carbons (Fsp3) is 0.455. The summed E-state index contributed by atoms with van der Waals surface area (Å²) in [6.45, 7) is 8.42. The molecule has 0 radical (unpaired) electrons. The molecule has 0 bridgehead atoms. The number of ether oxygens (including phenoxy) is 1. The van der Waals surface area contributed by atoms with Crippen molar-refractivity contribution in [2.75, 3.05) is 19.6 Å². The lowest BCUT2D eigenvalue weighted by Gasteiger charge is -2.20. The molecule has 30 heavy (non-hydrogen) atoms. The first kappa shape index (κ1) is 20.3. The van der Waals surface area contributed by atoms with Crippen LogP contribution in [0.15, 0.2) is 28.9 Å². The van der Waals surface area contributed by atoms with Gasteiger partial charge in [0.1, 0.15) is 12.6 Å². The normalized spacial score (nSPS) is 18.8. The van der Waals surface area contributed by atoms with Gasteiger partial charge in [-0.2, -0.15) is 14.5 Å². The maximum absolute atomic E-state index is 14.3. The Morgan fingerprint density at radius 1 is 1.30 bits per heavy atom. The Bertz CT molecular complexity index is 1030. The van der Waals surface area contributed by atoms with Crippen LogP contribution in [0.3, 0.4) is 0 Å². The number of pyridine rings is 1. The SMILES string of the molecule is CCCn1nc(C)c(-c2cc(F)nc(O[C@@H]3CCN(C4=CC(=O)CN=C4)C3)c2)c1C. The van der Waals surface area contributed by atoms with Gasteiger partial charge in [-0.25, -0.2) is 0 Å². The lowest BCUT2D eigenvalue weighted by Crippen LogP contribution is -2.27. The molecule has 1 atom stereocenters. The molecule has 0 aliphatic carbocycles. The number of aromatic nitrogens is 3. The summed E-state index contributed by atoms with van der Waals surface area (Å²) in [7, 11) is 0. The number of hydrogen-bond donors (Lipinski definition) is 0. The third kappa shape index (κ3) is 4.13. The summed E-state index contributed by atoms with van der Waals surface area (Å²) in [6, 6.07) is 3.21. The smallest absolute Gasteiger partial charge is 0.216 e. The van der Waals surface area contributed by atoms with E-state index < -0.39 is 5.95 Å². The van der Waals surface area contributed by atoms with Crippen molar-refractivity contribution in [2.24, 2.45) is 4.99 Å². The van der Waals surface area contributed by atoms with Crippen LogP contribution in [-0.2, 0) is 11.3 Å². The zero-order chi connectivity index (χ0) is 21.3. The number of aryl methyl sites for hydroxylation is 2. The number of likely N-dealkylation sites (tertiary alicyclic amines) is 1. The van der Waals surface area contributed by atoms with E-state index in [1.807, 2.05) is 18.5 Å². The molecule has 1 fully saturated rings. The zero-order valence-electron chi connectivity index (χ0n) is 17.6. The Labute approximate surface area is 175 Å². The summed E-state index contributed by atoms with van der Waals surface area (Å²) in [6.07, 6.45) is 4.95. The van der Waals surface area contributed by atoms with E-state index in [0.29, 0.717) is 6.54 Å². The molecular weight excluding hydrogens is 385 g/mol. The van der Waals surface area contributed by atoms with E-state index in [4.69, 9.17) is 4.74 Å². The highest BCUT2D eigenvalue weighted by molar-refractivity contribution is 6.00. The fourth-order valence-electron chi connectivity index (χ4n) is 4.10. The van der Waals surface area contributed by atoms with Gasteiger partial charge in [-0.3, -0.25) is 14.5 Å². The van der Waals surface area contributed by atoms with Crippen molar-refractivity contribution in [1.82, 2.24) is 19.7 Å². The highest BCUT2D eigenvalue weighted by Crippen LogP contribution is 2.30. The summed E-state index contributed by atoms with van der Waals surface area (Å²) >= 11 is 0. The Morgan fingerprint density at radius 2 is 2.13 bits per heavy atom. The molecule has 2 aromatic rings. The van der Waals surface area contributed by atoms with Crippen LogP contribution in [0.4, 0.5) is 4.39 Å². The van der Waals surface area contributed by atoms with E-state index in [2.05, 4.69) is 26.9 Å². The van der Waals surface area contributed by atoms with Gasteiger partial charge in [-0.05, 0) is 25.8 Å². The van der Waals surface area contributed by atoms with Crippen LogP contribution in [0.2, 0.25) is 0 Å². The summed E-state index contributed by atoms with van der Waals surface area (Å²) in [5.41, 5.74) is 4.31. The molecule has 2 aliphatic rings. The average Bonchev–Trinajstić information content (AvgIpc) is 3.26. The average molecular weight is 411 g/mol. The van der Waals surface area contributed by atoms with Gasteiger partial charge in [0.05, 0.1) is 17.9 Å². The molecule has 1 saturated heterocycles. The van der Waals surface area contributed by atoms with Crippen LogP contribution in [0.5, 0.6) is 5.88 Å². The Hall–Kier alpha value is -3.03. The van der Waals surface area contributed by atoms with Crippen LogP contribution >= 0.6 is 0 Å². The first-order valence-electron chi connectivity index (χ1n) is 10.3. The molecule has 0 unspecified atom stereocenters. The minimum Gasteiger partial charge on any atom is -0.472 e. The van der Waals surface area contributed by atoms with Crippen molar-refractivity contribution in [3.8, 4) is 17.0 Å². The number of halogens is 1. The quantitative estimate of drug-likeness (QED) is 0.683. The molecule has 0 saturated carbocycles. The van der Waals surface area contributed by atoms with E-state index in [9.17, 15) is 9.18 Å². The monoisotopic (exact) mass is 411 g/mol. The van der Waals surface area contributed by atoms with Crippen LogP contribution < -0.4 is 4.74 Å². The van der Waals surface area contributed by atoms with E-state index in [1.165, 1.54) is 6.07 Å². The maximum Gasteiger partial charge on any atom is 0.216 e. The predicted octanol–water partition coefficient (Wildman–Crippen LogP) is 3.10.